The smallest absolute Gasteiger partial charge is 0.271 e. The molecule has 0 saturated heterocycles. The van der Waals surface area contributed by atoms with Crippen molar-refractivity contribution in [1.29, 1.82) is 0 Å². The summed E-state index contributed by atoms with van der Waals surface area (Å²) in [5, 5.41) is 14.0. The van der Waals surface area contributed by atoms with E-state index in [2.05, 4.69) is 15.5 Å². The van der Waals surface area contributed by atoms with E-state index in [0.717, 1.165) is 18.7 Å². The van der Waals surface area contributed by atoms with Gasteiger partial charge in [-0.25, -0.2) is 10.4 Å². The van der Waals surface area contributed by atoms with Crippen LogP contribution < -0.4 is 15.7 Å². The van der Waals surface area contributed by atoms with E-state index in [0.29, 0.717) is 34.3 Å². The van der Waals surface area contributed by atoms with E-state index in [1.807, 2.05) is 0 Å². The number of carbonyl (C=O) groups excluding carboxylic acids is 1. The van der Waals surface area contributed by atoms with Gasteiger partial charge >= 0.3 is 0 Å². The molecule has 1 aliphatic rings. The van der Waals surface area contributed by atoms with Gasteiger partial charge in [-0.1, -0.05) is 0 Å². The second-order valence-electron chi connectivity index (χ2n) is 6.45. The monoisotopic (exact) mass is 378 g/mol. The third-order valence-corrected chi connectivity index (χ3v) is 4.66. The molecule has 3 aromatic rings. The molecule has 2 aromatic carbocycles. The number of benzene rings is 2. The lowest BCUT2D eigenvalue weighted by molar-refractivity contribution is 0.0955. The fourth-order valence-corrected chi connectivity index (χ4v) is 3.23. The summed E-state index contributed by atoms with van der Waals surface area (Å²) >= 11 is 0. The number of phenols is 1. The lowest BCUT2D eigenvalue weighted by Crippen LogP contribution is -2.22. The largest absolute Gasteiger partial charge is 0.504 e. The molecule has 2 N–H and O–H groups in total. The van der Waals surface area contributed by atoms with Crippen molar-refractivity contribution in [3.05, 3.63) is 63.7 Å². The Bertz CT molecular complexity index is 1170. The summed E-state index contributed by atoms with van der Waals surface area (Å²) in [7, 11) is 1.45. The lowest BCUT2D eigenvalue weighted by atomic mass is 10.1. The van der Waals surface area contributed by atoms with Gasteiger partial charge in [-0.15, -0.1) is 0 Å². The molecule has 8 nitrogen and oxygen atoms in total. The van der Waals surface area contributed by atoms with Crippen molar-refractivity contribution in [2.24, 2.45) is 5.10 Å². The number of amides is 1. The van der Waals surface area contributed by atoms with Crippen LogP contribution in [0.25, 0.3) is 10.9 Å². The molecule has 0 fully saturated rings. The Labute approximate surface area is 160 Å². The standard InChI is InChI=1S/C20H18N4O4/c1-28-17-9-12(4-7-16(17)25)11-21-23-19(26)13-5-6-14-15(10-13)22-18-3-2-8-24(18)20(14)27/h4-7,9-11,25H,2-3,8H2,1H3,(H,23,26)/b21-11+. The predicted molar refractivity (Wildman–Crippen MR) is 104 cm³/mol. The van der Waals surface area contributed by atoms with Crippen molar-refractivity contribution < 1.29 is 14.6 Å². The summed E-state index contributed by atoms with van der Waals surface area (Å²) in [5.74, 6) is 0.685. The molecule has 0 radical (unpaired) electrons. The van der Waals surface area contributed by atoms with Crippen molar-refractivity contribution >= 4 is 23.0 Å². The number of phenolic OH excluding ortho intramolecular Hbond substituents is 1. The summed E-state index contributed by atoms with van der Waals surface area (Å²) in [6.07, 6.45) is 3.11. The molecule has 4 rings (SSSR count). The van der Waals surface area contributed by atoms with Gasteiger partial charge in [-0.05, 0) is 48.4 Å². The van der Waals surface area contributed by atoms with E-state index in [-0.39, 0.29) is 11.3 Å². The Hall–Kier alpha value is -3.68. The fourth-order valence-electron chi connectivity index (χ4n) is 3.23. The minimum Gasteiger partial charge on any atom is -0.504 e. The molecule has 0 unspecified atom stereocenters. The number of methoxy groups -OCH3 is 1. The number of hydrogen-bond acceptors (Lipinski definition) is 6. The van der Waals surface area contributed by atoms with Crippen LogP contribution in [0.3, 0.4) is 0 Å². The highest BCUT2D eigenvalue weighted by Gasteiger charge is 2.17. The molecular weight excluding hydrogens is 360 g/mol. The minimum absolute atomic E-state index is 0.0229. The zero-order chi connectivity index (χ0) is 19.7. The molecule has 1 aliphatic heterocycles. The van der Waals surface area contributed by atoms with Crippen molar-refractivity contribution in [2.45, 2.75) is 19.4 Å². The Balaban J connectivity index is 1.54. The Morgan fingerprint density at radius 3 is 3.00 bits per heavy atom. The number of hydrazone groups is 1. The maximum atomic E-state index is 12.5. The number of aromatic hydroxyl groups is 1. The van der Waals surface area contributed by atoms with E-state index in [1.165, 1.54) is 19.4 Å². The Kier molecular flexibility index (Phi) is 4.52. The zero-order valence-electron chi connectivity index (χ0n) is 15.2. The van der Waals surface area contributed by atoms with E-state index < -0.39 is 5.91 Å². The molecule has 0 atom stereocenters. The van der Waals surface area contributed by atoms with Crippen LogP contribution in [0.2, 0.25) is 0 Å². The SMILES string of the molecule is COc1cc(/C=N/NC(=O)c2ccc3c(=O)n4c(nc3c2)CCC4)ccc1O. The summed E-state index contributed by atoms with van der Waals surface area (Å²) in [4.78, 5) is 29.4. The molecular formula is C20H18N4O4. The Morgan fingerprint density at radius 1 is 1.32 bits per heavy atom. The average Bonchev–Trinajstić information content (AvgIpc) is 3.17. The molecule has 0 aliphatic carbocycles. The average molecular weight is 378 g/mol. The predicted octanol–water partition coefficient (Wildman–Crippen LogP) is 1.82. The number of fused-ring (bicyclic) bond motifs is 2. The van der Waals surface area contributed by atoms with Gasteiger partial charge in [-0.3, -0.25) is 14.2 Å². The summed E-state index contributed by atoms with van der Waals surface area (Å²) in [6.45, 7) is 0.691. The molecule has 1 amide bonds. The molecule has 142 valence electrons. The second kappa shape index (κ2) is 7.15. The van der Waals surface area contributed by atoms with Gasteiger partial charge in [0.1, 0.15) is 5.82 Å². The quantitative estimate of drug-likeness (QED) is 0.532. The van der Waals surface area contributed by atoms with Crippen molar-refractivity contribution in [3.8, 4) is 11.5 Å². The highest BCUT2D eigenvalue weighted by molar-refractivity contribution is 5.98. The van der Waals surface area contributed by atoms with Crippen LogP contribution in [0.5, 0.6) is 11.5 Å². The lowest BCUT2D eigenvalue weighted by Gasteiger charge is -2.06. The van der Waals surface area contributed by atoms with Gasteiger partial charge in [0, 0.05) is 18.5 Å². The van der Waals surface area contributed by atoms with Crippen LogP contribution >= 0.6 is 0 Å². The van der Waals surface area contributed by atoms with Gasteiger partial charge in [0.2, 0.25) is 0 Å². The van der Waals surface area contributed by atoms with Crippen LogP contribution in [0.15, 0.2) is 46.3 Å². The van der Waals surface area contributed by atoms with E-state index in [9.17, 15) is 14.7 Å². The number of aryl methyl sites for hydroxylation is 1. The molecule has 1 aromatic heterocycles. The summed E-state index contributed by atoms with van der Waals surface area (Å²) < 4.78 is 6.72. The number of hydrogen-bond donors (Lipinski definition) is 2. The highest BCUT2D eigenvalue weighted by Crippen LogP contribution is 2.25. The molecule has 28 heavy (non-hydrogen) atoms. The van der Waals surface area contributed by atoms with Crippen molar-refractivity contribution in [3.63, 3.8) is 0 Å². The molecule has 0 spiro atoms. The first-order chi connectivity index (χ1) is 13.6. The first kappa shape index (κ1) is 17.7. The Morgan fingerprint density at radius 2 is 2.18 bits per heavy atom. The molecule has 0 bridgehead atoms. The number of nitrogens with one attached hydrogen (secondary N) is 1. The van der Waals surface area contributed by atoms with E-state index in [1.54, 1.807) is 34.9 Å². The van der Waals surface area contributed by atoms with Crippen molar-refractivity contribution in [1.82, 2.24) is 15.0 Å². The molecule has 8 heteroatoms. The first-order valence-electron chi connectivity index (χ1n) is 8.80. The maximum absolute atomic E-state index is 12.5. The summed E-state index contributed by atoms with van der Waals surface area (Å²) in [6, 6.07) is 9.53. The van der Waals surface area contributed by atoms with Crippen LogP contribution in [0.1, 0.15) is 28.2 Å². The van der Waals surface area contributed by atoms with Gasteiger partial charge in [0.15, 0.2) is 11.5 Å². The van der Waals surface area contributed by atoms with Gasteiger partial charge in [0.25, 0.3) is 11.5 Å². The van der Waals surface area contributed by atoms with Gasteiger partial charge in [0.05, 0.1) is 24.2 Å². The number of ether oxygens (including phenoxy) is 1. The molecule has 2 heterocycles. The third kappa shape index (κ3) is 3.20. The van der Waals surface area contributed by atoms with Crippen LogP contribution in [-0.2, 0) is 13.0 Å². The second-order valence-corrected chi connectivity index (χ2v) is 6.45. The number of nitrogens with zero attached hydrogens (tertiary/aromatic N) is 3. The normalized spacial score (nSPS) is 13.0. The number of aromatic nitrogens is 2. The number of carbonyl (C=O) groups is 1. The van der Waals surface area contributed by atoms with Crippen LogP contribution in [0, 0.1) is 0 Å². The fraction of sp³-hybridized carbons (Fsp3) is 0.200. The minimum atomic E-state index is -0.411. The van der Waals surface area contributed by atoms with Crippen LogP contribution in [0.4, 0.5) is 0 Å². The van der Waals surface area contributed by atoms with E-state index in [4.69, 9.17) is 4.74 Å². The summed E-state index contributed by atoms with van der Waals surface area (Å²) in [5.41, 5.74) is 3.91. The molecule has 0 saturated carbocycles. The third-order valence-electron chi connectivity index (χ3n) is 4.66. The number of rotatable bonds is 4. The van der Waals surface area contributed by atoms with E-state index >= 15 is 0 Å². The topological polar surface area (TPSA) is 106 Å². The highest BCUT2D eigenvalue weighted by atomic mass is 16.5. The first-order valence-corrected chi connectivity index (χ1v) is 8.80. The zero-order valence-corrected chi connectivity index (χ0v) is 15.2. The van der Waals surface area contributed by atoms with Gasteiger partial charge in [-0.2, -0.15) is 5.10 Å². The van der Waals surface area contributed by atoms with Crippen molar-refractivity contribution in [2.75, 3.05) is 7.11 Å². The van der Waals surface area contributed by atoms with Crippen LogP contribution in [-0.4, -0.2) is 33.9 Å². The maximum Gasteiger partial charge on any atom is 0.271 e. The van der Waals surface area contributed by atoms with Gasteiger partial charge < -0.3 is 9.84 Å².